The van der Waals surface area contributed by atoms with Crippen molar-refractivity contribution in [2.45, 2.75) is 24.5 Å². The van der Waals surface area contributed by atoms with Crippen molar-refractivity contribution in [1.29, 1.82) is 0 Å². The molecule has 0 aliphatic carbocycles. The van der Waals surface area contributed by atoms with Crippen LogP contribution in [-0.4, -0.2) is 74.9 Å². The van der Waals surface area contributed by atoms with Crippen LogP contribution in [0.1, 0.15) is 11.1 Å². The number of rotatable bonds is 14. The fourth-order valence-corrected chi connectivity index (χ4v) is 8.79. The fourth-order valence-electron chi connectivity index (χ4n) is 5.66. The molecule has 0 fully saturated rings. The van der Waals surface area contributed by atoms with Crippen molar-refractivity contribution in [1.82, 2.24) is 0 Å². The van der Waals surface area contributed by atoms with Crippen molar-refractivity contribution in [3.63, 3.8) is 0 Å². The summed E-state index contributed by atoms with van der Waals surface area (Å²) in [5.41, 5.74) is -3.72. The maximum atomic E-state index is 12.4. The minimum absolute atomic E-state index is 0. The van der Waals surface area contributed by atoms with Crippen molar-refractivity contribution in [3.05, 3.63) is 124 Å². The molecule has 0 aliphatic rings. The predicted octanol–water partition coefficient (Wildman–Crippen LogP) is -8.59. The van der Waals surface area contributed by atoms with E-state index in [2.05, 4.69) is 30.7 Å². The second-order valence-electron chi connectivity index (χ2n) is 13.0. The smallest absolute Gasteiger partial charge is 0.744 e. The number of phenols is 1. The van der Waals surface area contributed by atoms with Gasteiger partial charge in [-0.25, -0.2) is 42.1 Å². The summed E-state index contributed by atoms with van der Waals surface area (Å²) in [6, 6.07) is 16.3. The van der Waals surface area contributed by atoms with Crippen LogP contribution in [0.15, 0.2) is 158 Å². The van der Waals surface area contributed by atoms with E-state index in [1.807, 2.05) is 0 Å². The molecule has 0 bridgehead atoms. The van der Waals surface area contributed by atoms with Gasteiger partial charge in [-0.15, -0.1) is 10.2 Å². The number of non-ortho nitro benzene ring substituents is 1. The Kier molecular flexibility index (Phi) is 25.0. The molecule has 0 radical (unpaired) electrons. The van der Waals surface area contributed by atoms with Crippen molar-refractivity contribution in [3.8, 4) is 5.75 Å². The molecule has 0 heterocycles. The van der Waals surface area contributed by atoms with Gasteiger partial charge in [-0.2, -0.15) is 20.5 Å². The predicted molar refractivity (Wildman–Crippen MR) is 219 cm³/mol. The van der Waals surface area contributed by atoms with Gasteiger partial charge in [0.1, 0.15) is 62.0 Å². The Morgan fingerprint density at radius 1 is 0.437 bits per heavy atom. The van der Waals surface area contributed by atoms with E-state index in [4.69, 9.17) is 0 Å². The largest absolute Gasteiger partial charge is 1.00 e. The first kappa shape index (κ1) is 66.9. The van der Waals surface area contributed by atoms with Gasteiger partial charge in [-0.3, -0.25) is 10.1 Å². The summed E-state index contributed by atoms with van der Waals surface area (Å²) in [5, 5.41) is 44.3. The minimum atomic E-state index is -5.51. The van der Waals surface area contributed by atoms with Gasteiger partial charge in [0.15, 0.2) is 5.75 Å². The quantitative estimate of drug-likeness (QED) is 0.0264. The normalized spacial score (nSPS) is 12.2. The van der Waals surface area contributed by atoms with Crippen LogP contribution in [-0.2, 0) is 50.6 Å². The number of benzene rings is 6. The molecule has 0 unspecified atom stereocenters. The van der Waals surface area contributed by atoms with E-state index in [1.165, 1.54) is 6.07 Å². The van der Waals surface area contributed by atoms with Gasteiger partial charge in [0.2, 0.25) is 0 Å². The zero-order valence-electron chi connectivity index (χ0n) is 37.0. The number of hydrogen-bond donors (Lipinski definition) is 1. The maximum absolute atomic E-state index is 12.4. The zero-order chi connectivity index (χ0) is 48.6. The van der Waals surface area contributed by atoms with E-state index < -0.39 is 103 Å². The summed E-state index contributed by atoms with van der Waals surface area (Å²) in [6.07, 6.45) is 1.88. The second kappa shape index (κ2) is 26.6. The molecule has 342 valence electrons. The van der Waals surface area contributed by atoms with Gasteiger partial charge in [-0.05, 0) is 101 Å². The van der Waals surface area contributed by atoms with Crippen molar-refractivity contribution in [2.24, 2.45) is 30.7 Å². The molecule has 35 heteroatoms. The van der Waals surface area contributed by atoms with Crippen molar-refractivity contribution >= 4 is 113 Å². The van der Waals surface area contributed by atoms with Gasteiger partial charge in [-0.1, -0.05) is 18.2 Å². The van der Waals surface area contributed by atoms with Crippen LogP contribution in [0.2, 0.25) is 0 Å². The number of aromatic hydroxyl groups is 1. The number of hydrogen-bond acceptors (Lipinski definition) is 24. The Labute approximate surface area is 513 Å². The number of phenolic OH excluding ortho intramolecular Hbond substituents is 1. The minimum Gasteiger partial charge on any atom is -0.744 e. The molecule has 25 nitrogen and oxygen atoms in total. The molecule has 0 atom stereocenters. The van der Waals surface area contributed by atoms with Gasteiger partial charge >= 0.3 is 148 Å². The standard InChI is InChI=1S/C36H25N7O18S5.5Na/c44-36-29-13-8-24(38-40-25-5-3-20(31(17-25)63(50,51)52)1-2-21-4-10-27(43(45)46)19-32(21)64(53,54)55)15-22(29)16-34(66(59,60)61)35(36)42-41-30-14-9-26(18-33(30)65(56,57)58)39-37-23-6-11-28(12-7-23)62(47,48)49;;;;;/h1-19,44H,(H,47,48,49)(H,50,51,52)(H,53,54,55)(H,56,57,58)(H,59,60,61);;;;;/q;5*+1/p-5. The third-order valence-corrected chi connectivity index (χ3v) is 13.0. The molecule has 0 aromatic heterocycles. The summed E-state index contributed by atoms with van der Waals surface area (Å²) >= 11 is 0. The fraction of sp³-hybridized carbons (Fsp3) is 0. The SMILES string of the molecule is O=[N+]([O-])c1ccc(C=Cc2ccc(N=Nc3ccc4c(O)c(N=Nc5ccc(N=Nc6ccc(S(=O)(=O)[O-])cc6)cc5S(=O)(=O)[O-])c(S(=O)(=O)[O-])cc4c3)cc2S(=O)(=O)[O-])c(S(=O)(=O)[O-])c1.[Na+].[Na+].[Na+].[Na+].[Na+]. The number of nitro groups is 1. The van der Waals surface area contributed by atoms with E-state index in [9.17, 15) is 80.1 Å². The molecule has 1 N–H and O–H groups in total. The molecule has 0 saturated heterocycles. The molecule has 0 spiro atoms. The van der Waals surface area contributed by atoms with Crippen molar-refractivity contribution in [2.75, 3.05) is 0 Å². The van der Waals surface area contributed by atoms with Gasteiger partial charge in [0.05, 0.1) is 52.2 Å². The first-order valence-corrected chi connectivity index (χ1v) is 24.3. The molecule has 0 aliphatic heterocycles. The second-order valence-corrected chi connectivity index (χ2v) is 19.8. The van der Waals surface area contributed by atoms with Gasteiger partial charge in [0.25, 0.3) is 5.69 Å². The number of nitro benzene ring substituents is 1. The molecule has 0 amide bonds. The number of nitrogens with zero attached hydrogens (tertiary/aromatic N) is 7. The number of azo groups is 3. The Hall–Kier alpha value is -2.13. The summed E-state index contributed by atoms with van der Waals surface area (Å²) < 4.78 is 179. The topological polar surface area (TPSA) is 424 Å². The first-order chi connectivity index (χ1) is 30.6. The van der Waals surface area contributed by atoms with Crippen LogP contribution in [0.3, 0.4) is 0 Å². The average molecular weight is 1110 g/mol. The van der Waals surface area contributed by atoms with Crippen LogP contribution >= 0.6 is 0 Å². The van der Waals surface area contributed by atoms with Crippen LogP contribution in [0.25, 0.3) is 22.9 Å². The van der Waals surface area contributed by atoms with Crippen LogP contribution in [0.4, 0.5) is 39.8 Å². The van der Waals surface area contributed by atoms with Gasteiger partial charge < -0.3 is 27.9 Å². The Morgan fingerprint density at radius 3 is 1.35 bits per heavy atom. The van der Waals surface area contributed by atoms with E-state index in [0.29, 0.717) is 12.1 Å². The Morgan fingerprint density at radius 2 is 0.859 bits per heavy atom. The third-order valence-electron chi connectivity index (χ3n) is 8.65. The number of fused-ring (bicyclic) bond motifs is 1. The summed E-state index contributed by atoms with van der Waals surface area (Å²) in [7, 11) is -26.2. The summed E-state index contributed by atoms with van der Waals surface area (Å²) in [5.74, 6) is -0.968. The molecule has 6 rings (SSSR count). The summed E-state index contributed by atoms with van der Waals surface area (Å²) in [6.45, 7) is 0. The van der Waals surface area contributed by atoms with E-state index in [1.54, 1.807) is 0 Å². The Balaban J connectivity index is 0.00000504. The zero-order valence-corrected chi connectivity index (χ0v) is 51.1. The third kappa shape index (κ3) is 17.5. The monoisotopic (exact) mass is 1110 g/mol. The molecule has 6 aromatic rings. The molecule has 6 aromatic carbocycles. The molecular weight excluding hydrogens is 1090 g/mol. The molecule has 0 saturated carbocycles. The molecular formula is C36H20N7Na5O18S5. The van der Waals surface area contributed by atoms with E-state index in [-0.39, 0.29) is 192 Å². The average Bonchev–Trinajstić information content (AvgIpc) is 3.22. The van der Waals surface area contributed by atoms with Gasteiger partial charge in [0, 0.05) is 17.5 Å². The molecule has 71 heavy (non-hydrogen) atoms. The summed E-state index contributed by atoms with van der Waals surface area (Å²) in [4.78, 5) is 5.43. The van der Waals surface area contributed by atoms with Crippen LogP contribution in [0, 0.1) is 10.1 Å². The van der Waals surface area contributed by atoms with E-state index in [0.717, 1.165) is 97.1 Å². The van der Waals surface area contributed by atoms with Crippen LogP contribution < -0.4 is 148 Å². The maximum Gasteiger partial charge on any atom is 1.00 e. The first-order valence-electron chi connectivity index (χ1n) is 17.3. The van der Waals surface area contributed by atoms with E-state index >= 15 is 0 Å². The van der Waals surface area contributed by atoms with Crippen LogP contribution in [0.5, 0.6) is 5.75 Å². The van der Waals surface area contributed by atoms with Crippen molar-refractivity contribution < 1.29 is 223 Å². The Bertz CT molecular complexity index is 3740.